The van der Waals surface area contributed by atoms with Crippen LogP contribution in [0.2, 0.25) is 0 Å². The Morgan fingerprint density at radius 3 is 2.71 bits per heavy atom. The molecule has 1 N–H and O–H groups in total. The van der Waals surface area contributed by atoms with Crippen LogP contribution in [-0.2, 0) is 4.79 Å². The molecule has 0 saturated carbocycles. The van der Waals surface area contributed by atoms with Crippen molar-refractivity contribution in [3.63, 3.8) is 0 Å². The largest absolute Gasteiger partial charge is 0.481 e. The van der Waals surface area contributed by atoms with E-state index in [1.54, 1.807) is 13.0 Å². The van der Waals surface area contributed by atoms with Crippen LogP contribution in [0.4, 0.5) is 0 Å². The van der Waals surface area contributed by atoms with Crippen LogP contribution in [0.15, 0.2) is 12.1 Å². The molecular weight excluding hydrogens is 270 g/mol. The molecule has 1 aromatic rings. The number of carbonyl (C=O) groups is 2. The predicted octanol–water partition coefficient (Wildman–Crippen LogP) is 1.59. The lowest BCUT2D eigenvalue weighted by atomic mass is 9.84. The first-order valence-electron chi connectivity index (χ1n) is 6.84. The highest BCUT2D eigenvalue weighted by Gasteiger charge is 2.45. The third kappa shape index (κ3) is 2.59. The molecule has 0 aromatic carbocycles. The van der Waals surface area contributed by atoms with Crippen molar-refractivity contribution >= 4 is 11.9 Å². The molecule has 0 spiro atoms. The van der Waals surface area contributed by atoms with Gasteiger partial charge in [0.05, 0.1) is 16.7 Å². The molecule has 2 heterocycles. The summed E-state index contributed by atoms with van der Waals surface area (Å²) in [5.41, 5.74) is 0.338. The van der Waals surface area contributed by atoms with E-state index in [4.69, 9.17) is 5.26 Å². The molecule has 0 radical (unpaired) electrons. The lowest BCUT2D eigenvalue weighted by Gasteiger charge is -2.23. The minimum absolute atomic E-state index is 0.207. The van der Waals surface area contributed by atoms with Gasteiger partial charge in [-0.25, -0.2) is 4.98 Å². The lowest BCUT2D eigenvalue weighted by molar-refractivity contribution is -0.148. The minimum atomic E-state index is -0.857. The van der Waals surface area contributed by atoms with E-state index in [-0.39, 0.29) is 18.1 Å². The molecule has 1 aliphatic heterocycles. The number of aromatic nitrogens is 1. The van der Waals surface area contributed by atoms with Crippen molar-refractivity contribution in [1.29, 1.82) is 5.26 Å². The molecule has 1 unspecified atom stereocenters. The molecule has 1 amide bonds. The van der Waals surface area contributed by atoms with E-state index in [2.05, 4.69) is 4.98 Å². The van der Waals surface area contributed by atoms with E-state index in [1.165, 1.54) is 11.0 Å². The van der Waals surface area contributed by atoms with E-state index in [9.17, 15) is 14.7 Å². The van der Waals surface area contributed by atoms with Crippen molar-refractivity contribution < 1.29 is 14.7 Å². The predicted molar refractivity (Wildman–Crippen MR) is 74.6 cm³/mol. The van der Waals surface area contributed by atoms with Gasteiger partial charge in [0, 0.05) is 13.1 Å². The number of rotatable bonds is 3. The maximum atomic E-state index is 12.4. The first-order valence-corrected chi connectivity index (χ1v) is 6.84. The third-order valence-corrected chi connectivity index (χ3v) is 4.20. The molecule has 1 atom stereocenters. The number of carbonyl (C=O) groups excluding carboxylic acids is 1. The van der Waals surface area contributed by atoms with Gasteiger partial charge in [-0.1, -0.05) is 6.92 Å². The summed E-state index contributed by atoms with van der Waals surface area (Å²) in [5, 5.41) is 18.2. The second-order valence-corrected chi connectivity index (χ2v) is 5.36. The molecule has 1 saturated heterocycles. The molecule has 110 valence electrons. The van der Waals surface area contributed by atoms with Crippen molar-refractivity contribution in [3.8, 4) is 6.07 Å². The van der Waals surface area contributed by atoms with Gasteiger partial charge in [-0.2, -0.15) is 5.26 Å². The highest BCUT2D eigenvalue weighted by molar-refractivity contribution is 5.93. The third-order valence-electron chi connectivity index (χ3n) is 4.20. The van der Waals surface area contributed by atoms with Gasteiger partial charge in [0.1, 0.15) is 11.8 Å². The molecule has 1 aromatic heterocycles. The Morgan fingerprint density at radius 2 is 2.24 bits per heavy atom. The van der Waals surface area contributed by atoms with Crippen molar-refractivity contribution in [2.45, 2.75) is 26.7 Å². The highest BCUT2D eigenvalue weighted by atomic mass is 16.4. The zero-order valence-electron chi connectivity index (χ0n) is 12.1. The maximum Gasteiger partial charge on any atom is 0.311 e. The van der Waals surface area contributed by atoms with Crippen LogP contribution >= 0.6 is 0 Å². The van der Waals surface area contributed by atoms with Gasteiger partial charge in [0.15, 0.2) is 0 Å². The number of aryl methyl sites for hydroxylation is 1. The fraction of sp³-hybridized carbons (Fsp3) is 0.467. The molecule has 6 nitrogen and oxygen atoms in total. The van der Waals surface area contributed by atoms with Gasteiger partial charge >= 0.3 is 5.97 Å². The molecule has 21 heavy (non-hydrogen) atoms. The zero-order valence-corrected chi connectivity index (χ0v) is 12.1. The minimum Gasteiger partial charge on any atom is -0.481 e. The number of nitriles is 1. The number of aliphatic carboxylic acids is 1. The average Bonchev–Trinajstić information content (AvgIpc) is 2.92. The van der Waals surface area contributed by atoms with Crippen LogP contribution in [0.1, 0.15) is 41.5 Å². The second kappa shape index (κ2) is 5.52. The van der Waals surface area contributed by atoms with Crippen molar-refractivity contribution in [2.75, 3.05) is 13.1 Å². The highest BCUT2D eigenvalue weighted by Crippen LogP contribution is 2.34. The van der Waals surface area contributed by atoms with Gasteiger partial charge in [-0.3, -0.25) is 9.59 Å². The Bertz CT molecular complexity index is 636. The van der Waals surface area contributed by atoms with Gasteiger partial charge in [-0.15, -0.1) is 0 Å². The number of hydrogen-bond acceptors (Lipinski definition) is 4. The van der Waals surface area contributed by atoms with Crippen molar-refractivity contribution in [2.24, 2.45) is 5.41 Å². The van der Waals surface area contributed by atoms with Crippen molar-refractivity contribution in [3.05, 3.63) is 29.1 Å². The Balaban J connectivity index is 2.21. The summed E-state index contributed by atoms with van der Waals surface area (Å²) < 4.78 is 0. The van der Waals surface area contributed by atoms with Crippen LogP contribution in [-0.4, -0.2) is 40.0 Å². The van der Waals surface area contributed by atoms with E-state index < -0.39 is 11.4 Å². The number of carboxylic acids is 1. The monoisotopic (exact) mass is 287 g/mol. The SMILES string of the molecule is CCC1(C(=O)O)CCN(C(=O)c2ccc(C#N)c(C)n2)C1. The van der Waals surface area contributed by atoms with Crippen LogP contribution < -0.4 is 0 Å². The Labute approximate surface area is 123 Å². The molecule has 1 aliphatic rings. The van der Waals surface area contributed by atoms with Gasteiger partial charge in [-0.05, 0) is 31.9 Å². The summed E-state index contributed by atoms with van der Waals surface area (Å²) in [6, 6.07) is 5.08. The summed E-state index contributed by atoms with van der Waals surface area (Å²) in [4.78, 5) is 29.5. The molecule has 0 aliphatic carbocycles. The lowest BCUT2D eigenvalue weighted by Crippen LogP contribution is -2.36. The number of hydrogen-bond donors (Lipinski definition) is 1. The molecule has 0 bridgehead atoms. The number of pyridine rings is 1. The number of likely N-dealkylation sites (tertiary alicyclic amines) is 1. The van der Waals surface area contributed by atoms with Crippen molar-refractivity contribution in [1.82, 2.24) is 9.88 Å². The normalized spacial score (nSPS) is 21.1. The Kier molecular flexibility index (Phi) is 3.94. The van der Waals surface area contributed by atoms with Gasteiger partial charge in [0.25, 0.3) is 5.91 Å². The van der Waals surface area contributed by atoms with E-state index in [0.717, 1.165) is 0 Å². The summed E-state index contributed by atoms with van der Waals surface area (Å²) in [6.07, 6.45) is 0.950. The van der Waals surface area contributed by atoms with Crippen LogP contribution in [0.5, 0.6) is 0 Å². The van der Waals surface area contributed by atoms with Crippen LogP contribution in [0.3, 0.4) is 0 Å². The smallest absolute Gasteiger partial charge is 0.311 e. The average molecular weight is 287 g/mol. The number of amides is 1. The first-order chi connectivity index (χ1) is 9.93. The standard InChI is InChI=1S/C15H17N3O3/c1-3-15(14(20)21)6-7-18(9-15)13(19)12-5-4-11(8-16)10(2)17-12/h4-5H,3,6-7,9H2,1-2H3,(H,20,21). The van der Waals surface area contributed by atoms with Gasteiger partial charge < -0.3 is 10.0 Å². The molecule has 6 heteroatoms. The fourth-order valence-electron chi connectivity index (χ4n) is 2.62. The van der Waals surface area contributed by atoms with Gasteiger partial charge in [0.2, 0.25) is 0 Å². The summed E-state index contributed by atoms with van der Waals surface area (Å²) >= 11 is 0. The Morgan fingerprint density at radius 1 is 1.52 bits per heavy atom. The molecule has 1 fully saturated rings. The first kappa shape index (κ1) is 15.0. The van der Waals surface area contributed by atoms with Crippen LogP contribution in [0, 0.1) is 23.7 Å². The molecular formula is C15H17N3O3. The Hall–Kier alpha value is -2.42. The van der Waals surface area contributed by atoms with Crippen LogP contribution in [0.25, 0.3) is 0 Å². The van der Waals surface area contributed by atoms with E-state index in [1.807, 2.05) is 13.0 Å². The second-order valence-electron chi connectivity index (χ2n) is 5.36. The summed E-state index contributed by atoms with van der Waals surface area (Å²) in [6.45, 7) is 4.12. The van der Waals surface area contributed by atoms with E-state index >= 15 is 0 Å². The summed E-state index contributed by atoms with van der Waals surface area (Å²) in [5.74, 6) is -1.14. The summed E-state index contributed by atoms with van der Waals surface area (Å²) in [7, 11) is 0. The quantitative estimate of drug-likeness (QED) is 0.911. The van der Waals surface area contributed by atoms with E-state index in [0.29, 0.717) is 30.6 Å². The fourth-order valence-corrected chi connectivity index (χ4v) is 2.62. The zero-order chi connectivity index (χ0) is 15.6. The molecule has 2 rings (SSSR count). The number of carboxylic acid groups (broad SMARTS) is 1. The number of nitrogens with zero attached hydrogens (tertiary/aromatic N) is 3. The maximum absolute atomic E-state index is 12.4. The topological polar surface area (TPSA) is 94.3 Å².